The molecule has 6 heteroatoms. The molecule has 2 aromatic rings. The van der Waals surface area contributed by atoms with Crippen LogP contribution in [0, 0.1) is 0 Å². The maximum absolute atomic E-state index is 4.50. The molecule has 5 nitrogen and oxygen atoms in total. The zero-order chi connectivity index (χ0) is 13.8. The molecule has 1 aliphatic rings. The Morgan fingerprint density at radius 1 is 1.29 bits per heavy atom. The Kier molecular flexibility index (Phi) is 5.82. The minimum atomic E-state index is 0. The van der Waals surface area contributed by atoms with Crippen molar-refractivity contribution in [1.29, 1.82) is 0 Å². The Labute approximate surface area is 132 Å². The van der Waals surface area contributed by atoms with Crippen molar-refractivity contribution in [3.05, 3.63) is 35.9 Å². The maximum Gasteiger partial charge on any atom is 0.0762 e. The van der Waals surface area contributed by atoms with Gasteiger partial charge in [0.1, 0.15) is 0 Å². The first-order valence-electron chi connectivity index (χ1n) is 7.61. The molecule has 0 bridgehead atoms. The van der Waals surface area contributed by atoms with Gasteiger partial charge < -0.3 is 5.32 Å². The highest BCUT2D eigenvalue weighted by Crippen LogP contribution is 2.28. The summed E-state index contributed by atoms with van der Waals surface area (Å²) in [5.41, 5.74) is 2.35. The van der Waals surface area contributed by atoms with Crippen LogP contribution >= 0.6 is 12.4 Å². The van der Waals surface area contributed by atoms with Gasteiger partial charge in [0, 0.05) is 37.6 Å². The van der Waals surface area contributed by atoms with Crippen LogP contribution in [0.25, 0.3) is 0 Å². The minimum absolute atomic E-state index is 0. The van der Waals surface area contributed by atoms with Gasteiger partial charge in [0.25, 0.3) is 0 Å². The van der Waals surface area contributed by atoms with E-state index in [4.69, 9.17) is 0 Å². The van der Waals surface area contributed by atoms with E-state index in [2.05, 4.69) is 39.4 Å². The number of nitrogens with zero attached hydrogens (tertiary/aromatic N) is 4. The lowest BCUT2D eigenvalue weighted by atomic mass is 10.2. The molecule has 2 heterocycles. The van der Waals surface area contributed by atoms with E-state index in [1.54, 1.807) is 0 Å². The maximum atomic E-state index is 4.50. The third kappa shape index (κ3) is 4.08. The lowest BCUT2D eigenvalue weighted by Gasteiger charge is -2.08. The van der Waals surface area contributed by atoms with E-state index in [0.29, 0.717) is 6.04 Å². The van der Waals surface area contributed by atoms with E-state index < -0.39 is 0 Å². The van der Waals surface area contributed by atoms with E-state index in [1.807, 2.05) is 17.1 Å². The second-order valence-electron chi connectivity index (χ2n) is 5.53. The van der Waals surface area contributed by atoms with Gasteiger partial charge in [-0.15, -0.1) is 12.4 Å². The van der Waals surface area contributed by atoms with E-state index >= 15 is 0 Å². The zero-order valence-corrected chi connectivity index (χ0v) is 13.4. The normalized spacial score (nSPS) is 15.3. The Balaban J connectivity index is 0.00000161. The average Bonchev–Trinajstić information content (AvgIpc) is 3.20. The fourth-order valence-electron chi connectivity index (χ4n) is 2.85. The fourth-order valence-corrected chi connectivity index (χ4v) is 2.85. The molecule has 0 saturated heterocycles. The van der Waals surface area contributed by atoms with Crippen LogP contribution in [0.15, 0.2) is 24.7 Å². The van der Waals surface area contributed by atoms with Crippen LogP contribution in [0.4, 0.5) is 0 Å². The van der Waals surface area contributed by atoms with Gasteiger partial charge in [-0.3, -0.25) is 9.36 Å². The van der Waals surface area contributed by atoms with E-state index in [-0.39, 0.29) is 12.4 Å². The van der Waals surface area contributed by atoms with Crippen LogP contribution in [0.3, 0.4) is 0 Å². The van der Waals surface area contributed by atoms with Gasteiger partial charge in [-0.25, -0.2) is 0 Å². The van der Waals surface area contributed by atoms with Gasteiger partial charge in [-0.2, -0.15) is 10.2 Å². The number of rotatable bonds is 6. The van der Waals surface area contributed by atoms with Crippen molar-refractivity contribution in [2.75, 3.05) is 0 Å². The van der Waals surface area contributed by atoms with E-state index in [1.165, 1.54) is 31.2 Å². The second-order valence-corrected chi connectivity index (χ2v) is 5.53. The molecule has 21 heavy (non-hydrogen) atoms. The minimum Gasteiger partial charge on any atom is -0.307 e. The number of hydrogen-bond acceptors (Lipinski definition) is 3. The summed E-state index contributed by atoms with van der Waals surface area (Å²) in [5, 5.41) is 12.4. The summed E-state index contributed by atoms with van der Waals surface area (Å²) in [5.74, 6) is 0. The Morgan fingerprint density at radius 3 is 2.81 bits per heavy atom. The average molecular weight is 310 g/mol. The summed E-state index contributed by atoms with van der Waals surface area (Å²) in [6, 6.07) is 2.70. The van der Waals surface area contributed by atoms with Gasteiger partial charge in [-0.1, -0.05) is 12.8 Å². The summed E-state index contributed by atoms with van der Waals surface area (Å²) >= 11 is 0. The standard InChI is InChI=1S/C15H23N5.ClH/c1-2-19-8-7-14(18-19)11-16-9-13-10-17-20(12-13)15-5-3-4-6-15;/h7-8,10,12,15-16H,2-6,9,11H2,1H3;1H. The number of hydrogen-bond donors (Lipinski definition) is 1. The molecule has 0 aliphatic heterocycles. The highest BCUT2D eigenvalue weighted by Gasteiger charge is 2.17. The monoisotopic (exact) mass is 309 g/mol. The number of aryl methyl sites for hydroxylation is 1. The molecule has 2 aromatic heterocycles. The van der Waals surface area contributed by atoms with Crippen LogP contribution in [0.1, 0.15) is 49.9 Å². The zero-order valence-electron chi connectivity index (χ0n) is 12.5. The summed E-state index contributed by atoms with van der Waals surface area (Å²) in [4.78, 5) is 0. The Morgan fingerprint density at radius 2 is 2.10 bits per heavy atom. The molecule has 1 N–H and O–H groups in total. The van der Waals surface area contributed by atoms with Crippen molar-refractivity contribution in [2.45, 2.75) is 58.3 Å². The summed E-state index contributed by atoms with van der Waals surface area (Å²) in [6.07, 6.45) is 11.4. The smallest absolute Gasteiger partial charge is 0.0762 e. The molecular weight excluding hydrogens is 286 g/mol. The lowest BCUT2D eigenvalue weighted by molar-refractivity contribution is 0.466. The second kappa shape index (κ2) is 7.61. The van der Waals surface area contributed by atoms with E-state index in [0.717, 1.165) is 25.3 Å². The van der Waals surface area contributed by atoms with Gasteiger partial charge in [0.15, 0.2) is 0 Å². The predicted octanol–water partition coefficient (Wildman–Crippen LogP) is 2.93. The van der Waals surface area contributed by atoms with Crippen molar-refractivity contribution in [3.8, 4) is 0 Å². The van der Waals surface area contributed by atoms with Crippen molar-refractivity contribution >= 4 is 12.4 Å². The number of halogens is 1. The molecule has 1 saturated carbocycles. The summed E-state index contributed by atoms with van der Waals surface area (Å²) in [6.45, 7) is 4.68. The van der Waals surface area contributed by atoms with Crippen LogP contribution < -0.4 is 5.32 Å². The highest BCUT2D eigenvalue weighted by atomic mass is 35.5. The van der Waals surface area contributed by atoms with Crippen LogP contribution in [0.2, 0.25) is 0 Å². The predicted molar refractivity (Wildman–Crippen MR) is 85.4 cm³/mol. The Bertz CT molecular complexity index is 542. The van der Waals surface area contributed by atoms with Crippen molar-refractivity contribution in [3.63, 3.8) is 0 Å². The largest absolute Gasteiger partial charge is 0.307 e. The van der Waals surface area contributed by atoms with Crippen molar-refractivity contribution in [2.24, 2.45) is 0 Å². The van der Waals surface area contributed by atoms with Gasteiger partial charge in [-0.05, 0) is 25.8 Å². The quantitative estimate of drug-likeness (QED) is 0.892. The molecule has 0 spiro atoms. The van der Waals surface area contributed by atoms with Crippen molar-refractivity contribution in [1.82, 2.24) is 24.9 Å². The first-order valence-corrected chi connectivity index (χ1v) is 7.61. The van der Waals surface area contributed by atoms with Crippen LogP contribution in [-0.2, 0) is 19.6 Å². The summed E-state index contributed by atoms with van der Waals surface area (Å²) < 4.78 is 4.10. The molecule has 0 atom stereocenters. The first-order chi connectivity index (χ1) is 9.85. The van der Waals surface area contributed by atoms with E-state index in [9.17, 15) is 0 Å². The first kappa shape index (κ1) is 16.0. The molecule has 116 valence electrons. The molecule has 1 fully saturated rings. The SMILES string of the molecule is CCn1ccc(CNCc2cnn(C3CCCC3)c2)n1.Cl. The van der Waals surface area contributed by atoms with Gasteiger partial charge >= 0.3 is 0 Å². The number of nitrogens with one attached hydrogen (secondary N) is 1. The summed E-state index contributed by atoms with van der Waals surface area (Å²) in [7, 11) is 0. The molecule has 0 aromatic carbocycles. The Hall–Kier alpha value is -1.33. The highest BCUT2D eigenvalue weighted by molar-refractivity contribution is 5.85. The van der Waals surface area contributed by atoms with Crippen molar-refractivity contribution < 1.29 is 0 Å². The topological polar surface area (TPSA) is 47.7 Å². The van der Waals surface area contributed by atoms with Gasteiger partial charge in [0.2, 0.25) is 0 Å². The van der Waals surface area contributed by atoms with Crippen LogP contribution in [0.5, 0.6) is 0 Å². The fraction of sp³-hybridized carbons (Fsp3) is 0.600. The number of aromatic nitrogens is 4. The molecule has 0 amide bonds. The molecular formula is C15H24ClN5. The lowest BCUT2D eigenvalue weighted by Crippen LogP contribution is -2.13. The van der Waals surface area contributed by atoms with Crippen LogP contribution in [-0.4, -0.2) is 19.6 Å². The third-order valence-electron chi connectivity index (χ3n) is 4.01. The molecule has 0 unspecified atom stereocenters. The van der Waals surface area contributed by atoms with Gasteiger partial charge in [0.05, 0.1) is 17.9 Å². The molecule has 0 radical (unpaired) electrons. The third-order valence-corrected chi connectivity index (χ3v) is 4.01. The molecule has 3 rings (SSSR count). The molecule has 1 aliphatic carbocycles.